The van der Waals surface area contributed by atoms with Crippen LogP contribution in [0.25, 0.3) is 10.9 Å². The van der Waals surface area contributed by atoms with Crippen LogP contribution in [0.15, 0.2) is 18.2 Å². The molecule has 0 radical (unpaired) electrons. The van der Waals surface area contributed by atoms with E-state index in [0.29, 0.717) is 12.2 Å². The molecule has 5 nitrogen and oxygen atoms in total. The standard InChI is InChI=1S/C27H46N4O/c1-8-9-15-29-24-19-22-21(13-14-27(5,6)32)17-20(18-23(22)30-25(24)28)12-10-11-16-31(7)26(2,3)4/h17-19,29,32H,8-16H2,1-7H3,(H2,28,30). The molecule has 1 aromatic carbocycles. The summed E-state index contributed by atoms with van der Waals surface area (Å²) in [6.45, 7) is 14.7. The van der Waals surface area contributed by atoms with E-state index in [1.54, 1.807) is 0 Å². The maximum Gasteiger partial charge on any atom is 0.147 e. The average molecular weight is 443 g/mol. The lowest BCUT2D eigenvalue weighted by Crippen LogP contribution is -2.38. The molecule has 32 heavy (non-hydrogen) atoms. The smallest absolute Gasteiger partial charge is 0.147 e. The molecule has 1 aromatic heterocycles. The van der Waals surface area contributed by atoms with Gasteiger partial charge in [0.1, 0.15) is 5.82 Å². The summed E-state index contributed by atoms with van der Waals surface area (Å²) in [6.07, 6.45) is 7.11. The van der Waals surface area contributed by atoms with Crippen molar-refractivity contribution in [3.8, 4) is 0 Å². The predicted molar refractivity (Wildman–Crippen MR) is 139 cm³/mol. The molecule has 5 heteroatoms. The van der Waals surface area contributed by atoms with Crippen molar-refractivity contribution in [2.75, 3.05) is 31.2 Å². The molecule has 0 saturated carbocycles. The first kappa shape index (κ1) is 26.4. The van der Waals surface area contributed by atoms with Crippen molar-refractivity contribution in [3.63, 3.8) is 0 Å². The molecular weight excluding hydrogens is 396 g/mol. The first-order valence-electron chi connectivity index (χ1n) is 12.3. The summed E-state index contributed by atoms with van der Waals surface area (Å²) in [4.78, 5) is 7.17. The molecule has 0 aliphatic heterocycles. The number of anilines is 2. The third kappa shape index (κ3) is 8.25. The van der Waals surface area contributed by atoms with Crippen LogP contribution >= 0.6 is 0 Å². The van der Waals surface area contributed by atoms with Gasteiger partial charge in [-0.3, -0.25) is 0 Å². The van der Waals surface area contributed by atoms with Crippen molar-refractivity contribution in [1.29, 1.82) is 0 Å². The van der Waals surface area contributed by atoms with Gasteiger partial charge in [0.2, 0.25) is 0 Å². The third-order valence-corrected chi connectivity index (χ3v) is 6.32. The number of nitrogen functional groups attached to an aromatic ring is 1. The number of aryl methyl sites for hydroxylation is 2. The van der Waals surface area contributed by atoms with Gasteiger partial charge in [0.25, 0.3) is 0 Å². The van der Waals surface area contributed by atoms with E-state index in [0.717, 1.165) is 61.8 Å². The van der Waals surface area contributed by atoms with E-state index in [9.17, 15) is 5.11 Å². The fourth-order valence-corrected chi connectivity index (χ4v) is 3.78. The highest BCUT2D eigenvalue weighted by Gasteiger charge is 2.17. The molecule has 0 atom stereocenters. The minimum atomic E-state index is -0.691. The number of hydrogen-bond donors (Lipinski definition) is 3. The summed E-state index contributed by atoms with van der Waals surface area (Å²) in [5.74, 6) is 0.561. The molecule has 4 N–H and O–H groups in total. The topological polar surface area (TPSA) is 74.4 Å². The molecule has 0 amide bonds. The highest BCUT2D eigenvalue weighted by molar-refractivity contribution is 5.89. The van der Waals surface area contributed by atoms with Gasteiger partial charge in [0, 0.05) is 17.5 Å². The summed E-state index contributed by atoms with van der Waals surface area (Å²) in [5, 5.41) is 14.9. The number of nitrogens with zero attached hydrogens (tertiary/aromatic N) is 2. The number of aromatic nitrogens is 1. The Bertz CT molecular complexity index is 865. The Kier molecular flexibility index (Phi) is 9.35. The van der Waals surface area contributed by atoms with Crippen LogP contribution in [0.1, 0.15) is 84.8 Å². The van der Waals surface area contributed by atoms with Gasteiger partial charge < -0.3 is 21.1 Å². The second-order valence-corrected chi connectivity index (χ2v) is 10.9. The lowest BCUT2D eigenvalue weighted by Gasteiger charge is -2.31. The van der Waals surface area contributed by atoms with Crippen LogP contribution in [0, 0.1) is 0 Å². The van der Waals surface area contributed by atoms with Gasteiger partial charge in [0.05, 0.1) is 16.8 Å². The third-order valence-electron chi connectivity index (χ3n) is 6.32. The monoisotopic (exact) mass is 442 g/mol. The Morgan fingerprint density at radius 2 is 1.75 bits per heavy atom. The fourth-order valence-electron chi connectivity index (χ4n) is 3.78. The van der Waals surface area contributed by atoms with E-state index in [1.165, 1.54) is 17.5 Å². The zero-order valence-corrected chi connectivity index (χ0v) is 21.5. The van der Waals surface area contributed by atoms with Gasteiger partial charge in [-0.15, -0.1) is 0 Å². The maximum atomic E-state index is 10.3. The highest BCUT2D eigenvalue weighted by Crippen LogP contribution is 2.29. The number of unbranched alkanes of at least 4 members (excludes halogenated alkanes) is 2. The quantitative estimate of drug-likeness (QED) is 0.363. The number of rotatable bonds is 12. The maximum absolute atomic E-state index is 10.3. The van der Waals surface area contributed by atoms with Crippen molar-refractivity contribution in [2.24, 2.45) is 0 Å². The lowest BCUT2D eigenvalue weighted by molar-refractivity contribution is 0.0715. The normalized spacial score (nSPS) is 12.7. The van der Waals surface area contributed by atoms with Gasteiger partial charge in [-0.2, -0.15) is 0 Å². The molecule has 0 unspecified atom stereocenters. The largest absolute Gasteiger partial charge is 0.390 e. The first-order chi connectivity index (χ1) is 14.9. The van der Waals surface area contributed by atoms with E-state index >= 15 is 0 Å². The Labute approximate surface area is 195 Å². The van der Waals surface area contributed by atoms with Gasteiger partial charge in [-0.1, -0.05) is 19.4 Å². The van der Waals surface area contributed by atoms with Gasteiger partial charge >= 0.3 is 0 Å². The number of fused-ring (bicyclic) bond motifs is 1. The minimum absolute atomic E-state index is 0.206. The first-order valence-corrected chi connectivity index (χ1v) is 12.3. The van der Waals surface area contributed by atoms with Crippen molar-refractivity contribution in [2.45, 2.75) is 97.6 Å². The molecule has 2 rings (SSSR count). The van der Waals surface area contributed by atoms with Crippen molar-refractivity contribution >= 4 is 22.4 Å². The number of pyridine rings is 1. The van der Waals surface area contributed by atoms with Crippen LogP contribution in [-0.2, 0) is 12.8 Å². The SMILES string of the molecule is CCCCNc1cc2c(CCC(C)(C)O)cc(CCCCN(C)C(C)(C)C)cc2nc1N. The average Bonchev–Trinajstić information content (AvgIpc) is 2.68. The van der Waals surface area contributed by atoms with E-state index in [2.05, 4.69) is 63.2 Å². The minimum Gasteiger partial charge on any atom is -0.390 e. The Morgan fingerprint density at radius 1 is 1.03 bits per heavy atom. The lowest BCUT2D eigenvalue weighted by atomic mass is 9.93. The second-order valence-electron chi connectivity index (χ2n) is 10.9. The number of hydrogen-bond acceptors (Lipinski definition) is 5. The van der Waals surface area contributed by atoms with Crippen molar-refractivity contribution in [3.05, 3.63) is 29.3 Å². The Balaban J connectivity index is 2.24. The van der Waals surface area contributed by atoms with Crippen LogP contribution in [-0.4, -0.2) is 46.3 Å². The molecule has 0 fully saturated rings. The van der Waals surface area contributed by atoms with Gasteiger partial charge in [-0.25, -0.2) is 4.98 Å². The van der Waals surface area contributed by atoms with E-state index in [1.807, 2.05) is 13.8 Å². The highest BCUT2D eigenvalue weighted by atomic mass is 16.3. The van der Waals surface area contributed by atoms with E-state index < -0.39 is 5.60 Å². The molecule has 0 aliphatic rings. The summed E-state index contributed by atoms with van der Waals surface area (Å²) >= 11 is 0. The predicted octanol–water partition coefficient (Wildman–Crippen LogP) is 5.79. The van der Waals surface area contributed by atoms with Crippen LogP contribution in [0.3, 0.4) is 0 Å². The molecule has 0 spiro atoms. The molecule has 1 heterocycles. The van der Waals surface area contributed by atoms with E-state index in [4.69, 9.17) is 10.7 Å². The fraction of sp³-hybridized carbons (Fsp3) is 0.667. The van der Waals surface area contributed by atoms with Crippen LogP contribution in [0.5, 0.6) is 0 Å². The number of nitrogens with one attached hydrogen (secondary N) is 1. The molecule has 0 saturated heterocycles. The summed E-state index contributed by atoms with van der Waals surface area (Å²) in [6, 6.07) is 6.66. The Morgan fingerprint density at radius 3 is 2.38 bits per heavy atom. The molecular formula is C27H46N4O. The summed E-state index contributed by atoms with van der Waals surface area (Å²) in [7, 11) is 2.20. The molecule has 2 aromatic rings. The zero-order chi connectivity index (χ0) is 23.9. The summed E-state index contributed by atoms with van der Waals surface area (Å²) < 4.78 is 0. The van der Waals surface area contributed by atoms with Crippen molar-refractivity contribution in [1.82, 2.24) is 9.88 Å². The van der Waals surface area contributed by atoms with Crippen LogP contribution in [0.4, 0.5) is 11.5 Å². The molecule has 0 aliphatic carbocycles. The Hall–Kier alpha value is -1.85. The zero-order valence-electron chi connectivity index (χ0n) is 21.5. The van der Waals surface area contributed by atoms with Gasteiger partial charge in [-0.05, 0) is 110 Å². The van der Waals surface area contributed by atoms with Gasteiger partial charge in [0.15, 0.2) is 0 Å². The number of nitrogens with two attached hydrogens (primary N) is 1. The van der Waals surface area contributed by atoms with Crippen LogP contribution < -0.4 is 11.1 Å². The van der Waals surface area contributed by atoms with Crippen LogP contribution in [0.2, 0.25) is 0 Å². The summed E-state index contributed by atoms with van der Waals surface area (Å²) in [5.41, 5.74) is 10.2. The molecule has 180 valence electrons. The van der Waals surface area contributed by atoms with Crippen molar-refractivity contribution < 1.29 is 5.11 Å². The number of benzene rings is 1. The second kappa shape index (κ2) is 11.3. The number of aliphatic hydroxyl groups is 1. The van der Waals surface area contributed by atoms with E-state index in [-0.39, 0.29) is 5.54 Å². The molecule has 0 bridgehead atoms.